The fourth-order valence-corrected chi connectivity index (χ4v) is 5.99. The molecule has 0 spiro atoms. The summed E-state index contributed by atoms with van der Waals surface area (Å²) in [4.78, 5) is 4.38. The highest BCUT2D eigenvalue weighted by Gasteiger charge is 2.33. The number of sulfonamides is 1. The molecule has 0 aromatic heterocycles. The Labute approximate surface area is 177 Å². The van der Waals surface area contributed by atoms with Crippen LogP contribution in [-0.2, 0) is 19.9 Å². The molecular formula is C20H25N3O5S2. The zero-order chi connectivity index (χ0) is 21.5. The van der Waals surface area contributed by atoms with Gasteiger partial charge in [-0.1, -0.05) is 12.1 Å². The summed E-state index contributed by atoms with van der Waals surface area (Å²) < 4.78 is 57.8. The van der Waals surface area contributed by atoms with Gasteiger partial charge in [0, 0.05) is 32.4 Å². The molecular weight excluding hydrogens is 426 g/mol. The Bertz CT molecular complexity index is 1160. The minimum Gasteiger partial charge on any atom is -0.487 e. The first-order valence-electron chi connectivity index (χ1n) is 9.70. The number of para-hydroxylation sites is 1. The van der Waals surface area contributed by atoms with E-state index in [9.17, 15) is 16.8 Å². The molecule has 1 saturated heterocycles. The minimum absolute atomic E-state index is 0.0248. The second-order valence-corrected chi connectivity index (χ2v) is 11.5. The first-order chi connectivity index (χ1) is 14.2. The van der Waals surface area contributed by atoms with Crippen LogP contribution in [0, 0.1) is 0 Å². The van der Waals surface area contributed by atoms with Crippen molar-refractivity contribution in [2.24, 2.45) is 0 Å². The van der Waals surface area contributed by atoms with Gasteiger partial charge in [-0.15, -0.1) is 0 Å². The van der Waals surface area contributed by atoms with Gasteiger partial charge in [0.1, 0.15) is 6.61 Å². The Balaban J connectivity index is 1.74. The summed E-state index contributed by atoms with van der Waals surface area (Å²) in [5.74, 6) is 0.552. The van der Waals surface area contributed by atoms with E-state index in [1.165, 1.54) is 28.6 Å². The molecule has 2 aromatic rings. The Morgan fingerprint density at radius 1 is 0.833 bits per heavy atom. The highest BCUT2D eigenvalue weighted by atomic mass is 32.2. The van der Waals surface area contributed by atoms with Crippen LogP contribution in [0.5, 0.6) is 5.75 Å². The van der Waals surface area contributed by atoms with Crippen LogP contribution in [0.25, 0.3) is 0 Å². The van der Waals surface area contributed by atoms with Gasteiger partial charge in [0.25, 0.3) is 10.0 Å². The molecule has 2 aromatic carbocycles. The van der Waals surface area contributed by atoms with Gasteiger partial charge in [-0.25, -0.2) is 16.8 Å². The number of fused-ring (bicyclic) bond motifs is 1. The van der Waals surface area contributed by atoms with Crippen LogP contribution < -0.4 is 13.9 Å². The molecule has 8 nitrogen and oxygen atoms in total. The Kier molecular flexibility index (Phi) is 5.41. The van der Waals surface area contributed by atoms with Gasteiger partial charge in [-0.05, 0) is 37.4 Å². The number of anilines is 2. The lowest BCUT2D eigenvalue weighted by molar-refractivity contribution is 0.301. The lowest BCUT2D eigenvalue weighted by atomic mass is 10.2. The third-order valence-electron chi connectivity index (χ3n) is 5.45. The minimum atomic E-state index is -3.95. The lowest BCUT2D eigenvalue weighted by Gasteiger charge is -2.37. The number of likely N-dealkylation sites (N-methyl/N-ethyl adjacent to an activating group) is 1. The Morgan fingerprint density at radius 3 is 2.17 bits per heavy atom. The van der Waals surface area contributed by atoms with E-state index in [1.54, 1.807) is 6.07 Å². The summed E-state index contributed by atoms with van der Waals surface area (Å²) >= 11 is 0. The topological polar surface area (TPSA) is 87.2 Å². The van der Waals surface area contributed by atoms with E-state index in [0.717, 1.165) is 38.1 Å². The molecule has 0 radical (unpaired) electrons. The van der Waals surface area contributed by atoms with Crippen LogP contribution in [0.15, 0.2) is 52.3 Å². The van der Waals surface area contributed by atoms with Crippen LogP contribution in [0.4, 0.5) is 11.4 Å². The monoisotopic (exact) mass is 451 g/mol. The van der Waals surface area contributed by atoms with Crippen molar-refractivity contribution >= 4 is 31.2 Å². The zero-order valence-corrected chi connectivity index (χ0v) is 18.6. The van der Waals surface area contributed by atoms with Gasteiger partial charge in [-0.3, -0.25) is 4.31 Å². The summed E-state index contributed by atoms with van der Waals surface area (Å²) in [6, 6.07) is 11.0. The van der Waals surface area contributed by atoms with Crippen LogP contribution in [0.1, 0.15) is 0 Å². The van der Waals surface area contributed by atoms with Gasteiger partial charge in [0.2, 0.25) is 0 Å². The maximum atomic E-state index is 13.4. The highest BCUT2D eigenvalue weighted by molar-refractivity contribution is 7.93. The Hall–Kier alpha value is -2.30. The zero-order valence-electron chi connectivity index (χ0n) is 17.0. The second-order valence-electron chi connectivity index (χ2n) is 7.59. The molecule has 2 aliphatic heterocycles. The van der Waals surface area contributed by atoms with E-state index in [-0.39, 0.29) is 22.9 Å². The number of rotatable bonds is 4. The predicted molar refractivity (Wildman–Crippen MR) is 116 cm³/mol. The number of hydrogen-bond acceptors (Lipinski definition) is 7. The molecule has 4 rings (SSSR count). The van der Waals surface area contributed by atoms with E-state index >= 15 is 0 Å². The summed E-state index contributed by atoms with van der Waals surface area (Å²) in [7, 11) is -5.40. The summed E-state index contributed by atoms with van der Waals surface area (Å²) in [6.07, 6.45) is 1.06. The molecule has 0 atom stereocenters. The second kappa shape index (κ2) is 7.75. The van der Waals surface area contributed by atoms with Gasteiger partial charge in [0.05, 0.1) is 27.7 Å². The van der Waals surface area contributed by atoms with Crippen molar-refractivity contribution < 1.29 is 21.6 Å². The van der Waals surface area contributed by atoms with Crippen molar-refractivity contribution in [2.45, 2.75) is 9.79 Å². The smallest absolute Gasteiger partial charge is 0.264 e. The van der Waals surface area contributed by atoms with Crippen molar-refractivity contribution in [1.29, 1.82) is 0 Å². The van der Waals surface area contributed by atoms with Crippen LogP contribution in [0.3, 0.4) is 0 Å². The molecule has 162 valence electrons. The number of hydrogen-bond donors (Lipinski definition) is 0. The van der Waals surface area contributed by atoms with Crippen molar-refractivity contribution in [3.8, 4) is 5.75 Å². The lowest BCUT2D eigenvalue weighted by Crippen LogP contribution is -2.45. The summed E-state index contributed by atoms with van der Waals surface area (Å²) in [6.45, 7) is 3.89. The normalized spacial score (nSPS) is 18.1. The van der Waals surface area contributed by atoms with Crippen LogP contribution in [0.2, 0.25) is 0 Å². The fourth-order valence-electron chi connectivity index (χ4n) is 3.75. The predicted octanol–water partition coefficient (Wildman–Crippen LogP) is 1.43. The van der Waals surface area contributed by atoms with Gasteiger partial charge >= 0.3 is 0 Å². The maximum absolute atomic E-state index is 13.4. The molecule has 1 fully saturated rings. The highest BCUT2D eigenvalue weighted by Crippen LogP contribution is 2.42. The molecule has 0 bridgehead atoms. The molecule has 0 saturated carbocycles. The number of ether oxygens (including phenoxy) is 1. The van der Waals surface area contributed by atoms with Crippen molar-refractivity contribution in [2.75, 3.05) is 61.8 Å². The quantitative estimate of drug-likeness (QED) is 0.695. The first-order valence-corrected chi connectivity index (χ1v) is 13.0. The molecule has 0 amide bonds. The molecule has 2 aliphatic rings. The van der Waals surface area contributed by atoms with Gasteiger partial charge in [0.15, 0.2) is 15.6 Å². The van der Waals surface area contributed by atoms with E-state index in [4.69, 9.17) is 4.74 Å². The van der Waals surface area contributed by atoms with Gasteiger partial charge < -0.3 is 14.5 Å². The van der Waals surface area contributed by atoms with E-state index in [0.29, 0.717) is 11.4 Å². The number of piperazine rings is 1. The van der Waals surface area contributed by atoms with E-state index in [2.05, 4.69) is 16.8 Å². The standard InChI is InChI=1S/C20H25N3O5S2/c1-21-9-11-22(12-10-21)18-7-4-8-19-20(18)28-14-13-23(19)30(26,27)17-6-3-5-16(15-17)29(2,24)25/h3-8,15H,9-14H2,1-2H3. The SMILES string of the molecule is CN1CCN(c2cccc3c2OCCN3S(=O)(=O)c2cccc(S(C)(=O)=O)c2)CC1. The van der Waals surface area contributed by atoms with Crippen molar-refractivity contribution in [1.82, 2.24) is 4.90 Å². The molecule has 0 N–H and O–H groups in total. The Morgan fingerprint density at radius 2 is 1.47 bits per heavy atom. The fraction of sp³-hybridized carbons (Fsp3) is 0.400. The van der Waals surface area contributed by atoms with Crippen molar-refractivity contribution in [3.63, 3.8) is 0 Å². The largest absolute Gasteiger partial charge is 0.487 e. The molecule has 0 aliphatic carbocycles. The van der Waals surface area contributed by atoms with Gasteiger partial charge in [-0.2, -0.15) is 0 Å². The maximum Gasteiger partial charge on any atom is 0.264 e. The third-order valence-corrected chi connectivity index (χ3v) is 8.37. The summed E-state index contributed by atoms with van der Waals surface area (Å²) in [5, 5.41) is 0. The van der Waals surface area contributed by atoms with Crippen LogP contribution >= 0.6 is 0 Å². The average Bonchev–Trinajstić information content (AvgIpc) is 2.73. The van der Waals surface area contributed by atoms with Crippen molar-refractivity contribution in [3.05, 3.63) is 42.5 Å². The molecule has 30 heavy (non-hydrogen) atoms. The van der Waals surface area contributed by atoms with Crippen LogP contribution in [-0.4, -0.2) is 74.4 Å². The number of nitrogens with zero attached hydrogens (tertiary/aromatic N) is 3. The molecule has 0 unspecified atom stereocenters. The van der Waals surface area contributed by atoms with E-state index < -0.39 is 19.9 Å². The number of sulfone groups is 1. The molecule has 2 heterocycles. The molecule has 10 heteroatoms. The third kappa shape index (κ3) is 3.86. The summed E-state index contributed by atoms with van der Waals surface area (Å²) in [5.41, 5.74) is 1.35. The number of benzene rings is 2. The first kappa shape index (κ1) is 21.0. The van der Waals surface area contributed by atoms with E-state index in [1.807, 2.05) is 12.1 Å². The average molecular weight is 452 g/mol.